The van der Waals surface area contributed by atoms with Crippen LogP contribution in [-0.4, -0.2) is 10.2 Å². The fourth-order valence-corrected chi connectivity index (χ4v) is 14.1. The maximum Gasteiger partial charge on any atom is 0.278 e. The fourth-order valence-electron chi connectivity index (χ4n) is 0.598. The molecule has 0 aliphatic rings. The highest BCUT2D eigenvalue weighted by Gasteiger charge is 2.28. The van der Waals surface area contributed by atoms with Gasteiger partial charge in [0, 0.05) is 46.3 Å². The van der Waals surface area contributed by atoms with Gasteiger partial charge in [-0.05, 0) is 22.8 Å². The minimum Gasteiger partial charge on any atom is -0.286 e. The van der Waals surface area contributed by atoms with E-state index in [1.165, 1.54) is 0 Å². The number of rotatable bonds is 8. The van der Waals surface area contributed by atoms with Gasteiger partial charge in [0.1, 0.15) is 0 Å². The molecular formula is C2H8N6O2P2S7. The highest BCUT2D eigenvalue weighted by Crippen LogP contribution is 2.78. The van der Waals surface area contributed by atoms with Crippen LogP contribution in [-0.2, 0) is 9.13 Å². The summed E-state index contributed by atoms with van der Waals surface area (Å²) in [6.45, 7) is 0. The molecule has 0 amide bonds. The van der Waals surface area contributed by atoms with Crippen LogP contribution < -0.4 is 20.6 Å². The van der Waals surface area contributed by atoms with Crippen molar-refractivity contribution >= 4 is 89.9 Å². The van der Waals surface area contributed by atoms with E-state index in [1.807, 2.05) is 0 Å². The first-order chi connectivity index (χ1) is 8.90. The quantitative estimate of drug-likeness (QED) is 0.347. The van der Waals surface area contributed by atoms with E-state index in [1.54, 1.807) is 0 Å². The molecule has 0 aromatic carbocycles. The summed E-state index contributed by atoms with van der Waals surface area (Å²) in [6, 6.07) is 0. The molecule has 1 rings (SSSR count). The zero-order valence-electron chi connectivity index (χ0n) is 8.77. The van der Waals surface area contributed by atoms with Gasteiger partial charge in [-0.15, -0.1) is 10.2 Å². The summed E-state index contributed by atoms with van der Waals surface area (Å²) in [5.74, 6) is 0. The second-order valence-electron chi connectivity index (χ2n) is 2.33. The second-order valence-corrected chi connectivity index (χ2v) is 24.6. The Hall–Kier alpha value is 1.96. The smallest absolute Gasteiger partial charge is 0.278 e. The zero-order chi connectivity index (χ0) is 14.5. The SMILES string of the molecule is NSP(=O)(SN)Sc1nnc(SP(=O)(SN)SN)s1. The standard InChI is InChI=1S/C2H8N6O2P2S7/c3-16-11(9,17-4)14-1-7-8-2(13-1)15-12(10,18-5)19-6/h3-6H2. The molecule has 0 unspecified atom stereocenters. The summed E-state index contributed by atoms with van der Waals surface area (Å²) in [4.78, 5) is 0. The molecule has 0 bridgehead atoms. The van der Waals surface area contributed by atoms with E-state index in [9.17, 15) is 9.13 Å². The summed E-state index contributed by atoms with van der Waals surface area (Å²) in [5, 5.41) is 28.9. The predicted octanol–water partition coefficient (Wildman–Crippen LogP) is 3.37. The van der Waals surface area contributed by atoms with Gasteiger partial charge in [-0.3, -0.25) is 29.7 Å². The van der Waals surface area contributed by atoms with E-state index < -0.39 is 9.49 Å². The molecule has 0 radical (unpaired) electrons. The van der Waals surface area contributed by atoms with Crippen molar-refractivity contribution in [1.29, 1.82) is 0 Å². The van der Waals surface area contributed by atoms with Gasteiger partial charge in [0.15, 0.2) is 8.68 Å². The summed E-state index contributed by atoms with van der Waals surface area (Å²) < 4.78 is 19.1. The van der Waals surface area contributed by atoms with Crippen LogP contribution in [0, 0.1) is 0 Å². The average Bonchev–Trinajstić information content (AvgIpc) is 2.85. The maximum absolute atomic E-state index is 12.0. The van der Waals surface area contributed by atoms with Gasteiger partial charge in [-0.1, -0.05) is 11.3 Å². The van der Waals surface area contributed by atoms with Crippen molar-refractivity contribution < 1.29 is 9.13 Å². The minimum absolute atomic E-state index is 0.428. The molecular weight excluding hydrogens is 426 g/mol. The van der Waals surface area contributed by atoms with E-state index >= 15 is 0 Å². The Kier molecular flexibility index (Phi) is 8.56. The van der Waals surface area contributed by atoms with Gasteiger partial charge in [-0.2, -0.15) is 0 Å². The first kappa shape index (κ1) is 19.0. The van der Waals surface area contributed by atoms with Crippen molar-refractivity contribution in [3.8, 4) is 0 Å². The number of nitrogens with two attached hydrogens (primary N) is 4. The third-order valence-electron chi connectivity index (χ3n) is 1.28. The molecule has 0 saturated heterocycles. The Balaban J connectivity index is 2.78. The normalized spacial score (nSPS) is 12.8. The van der Waals surface area contributed by atoms with Crippen molar-refractivity contribution in [2.75, 3.05) is 0 Å². The molecule has 1 heterocycles. The lowest BCUT2D eigenvalue weighted by molar-refractivity contribution is 0.600. The highest BCUT2D eigenvalue weighted by molar-refractivity contribution is 9.14. The van der Waals surface area contributed by atoms with Crippen molar-refractivity contribution in [1.82, 2.24) is 10.2 Å². The van der Waals surface area contributed by atoms with Crippen LogP contribution in [0.15, 0.2) is 8.68 Å². The van der Waals surface area contributed by atoms with E-state index in [4.69, 9.17) is 20.6 Å². The third kappa shape index (κ3) is 5.93. The van der Waals surface area contributed by atoms with Crippen LogP contribution >= 0.6 is 89.9 Å². The molecule has 1 aromatic rings. The predicted molar refractivity (Wildman–Crippen MR) is 93.9 cm³/mol. The number of hydrogen-bond acceptors (Lipinski definition) is 15. The first-order valence-corrected chi connectivity index (χ1v) is 16.9. The molecule has 19 heavy (non-hydrogen) atoms. The van der Waals surface area contributed by atoms with Gasteiger partial charge < -0.3 is 0 Å². The number of hydrogen-bond donors (Lipinski definition) is 4. The monoisotopic (exact) mass is 434 g/mol. The van der Waals surface area contributed by atoms with Crippen LogP contribution in [0.1, 0.15) is 0 Å². The first-order valence-electron chi connectivity index (χ1n) is 3.87. The lowest BCUT2D eigenvalue weighted by Gasteiger charge is -2.07. The lowest BCUT2D eigenvalue weighted by Crippen LogP contribution is -1.81. The van der Waals surface area contributed by atoms with E-state index in [2.05, 4.69) is 10.2 Å². The molecule has 0 spiro atoms. The van der Waals surface area contributed by atoms with Crippen LogP contribution in [0.4, 0.5) is 0 Å². The molecule has 17 heteroatoms. The van der Waals surface area contributed by atoms with Gasteiger partial charge in [0.05, 0.1) is 0 Å². The maximum atomic E-state index is 12.0. The Morgan fingerprint density at radius 3 is 1.37 bits per heavy atom. The van der Waals surface area contributed by atoms with E-state index in [-0.39, 0.29) is 0 Å². The Morgan fingerprint density at radius 1 is 0.789 bits per heavy atom. The fraction of sp³-hybridized carbons (Fsp3) is 0. The number of aromatic nitrogens is 2. The minimum atomic E-state index is -2.88. The van der Waals surface area contributed by atoms with Crippen molar-refractivity contribution in [2.24, 2.45) is 20.6 Å². The summed E-state index contributed by atoms with van der Waals surface area (Å²) in [6.07, 6.45) is 0. The van der Waals surface area contributed by atoms with Crippen LogP contribution in [0.2, 0.25) is 0 Å². The molecule has 1 aromatic heterocycles. The third-order valence-corrected chi connectivity index (χ3v) is 19.9. The Labute approximate surface area is 137 Å². The van der Waals surface area contributed by atoms with Gasteiger partial charge in [0.25, 0.3) is 9.49 Å². The van der Waals surface area contributed by atoms with Crippen LogP contribution in [0.25, 0.3) is 0 Å². The van der Waals surface area contributed by atoms with Crippen LogP contribution in [0.5, 0.6) is 0 Å². The highest BCUT2D eigenvalue weighted by atomic mass is 33.4. The van der Waals surface area contributed by atoms with Gasteiger partial charge >= 0.3 is 0 Å². The lowest BCUT2D eigenvalue weighted by atomic mass is 11.6. The van der Waals surface area contributed by atoms with Crippen molar-refractivity contribution in [3.63, 3.8) is 0 Å². The largest absolute Gasteiger partial charge is 0.286 e. The summed E-state index contributed by atoms with van der Waals surface area (Å²) >= 11 is 5.77. The van der Waals surface area contributed by atoms with Gasteiger partial charge in [0.2, 0.25) is 0 Å². The topological polar surface area (TPSA) is 164 Å². The number of nitrogens with zero attached hydrogens (tertiary/aromatic N) is 2. The Morgan fingerprint density at radius 2 is 1.11 bits per heavy atom. The van der Waals surface area contributed by atoms with Crippen molar-refractivity contribution in [3.05, 3.63) is 0 Å². The molecule has 0 aliphatic carbocycles. The van der Waals surface area contributed by atoms with Crippen molar-refractivity contribution in [2.45, 2.75) is 8.68 Å². The van der Waals surface area contributed by atoms with Gasteiger partial charge in [-0.25, -0.2) is 0 Å². The second kappa shape index (κ2) is 8.56. The molecule has 0 saturated carbocycles. The molecule has 8 N–H and O–H groups in total. The average molecular weight is 435 g/mol. The zero-order valence-corrected chi connectivity index (χ0v) is 16.3. The summed E-state index contributed by atoms with van der Waals surface area (Å²) in [7, 11) is 0. The summed E-state index contributed by atoms with van der Waals surface area (Å²) in [5.41, 5.74) is 0. The molecule has 0 atom stereocenters. The van der Waals surface area contributed by atoms with E-state index in [0.717, 1.165) is 34.1 Å². The molecule has 0 aliphatic heterocycles. The van der Waals surface area contributed by atoms with E-state index in [0.29, 0.717) is 55.0 Å². The molecule has 8 nitrogen and oxygen atoms in total. The Bertz CT molecular complexity index is 451. The molecule has 0 fully saturated rings. The van der Waals surface area contributed by atoms with Crippen LogP contribution in [0.3, 0.4) is 0 Å². The molecule has 110 valence electrons.